The molecule has 2 aromatic carbocycles. The van der Waals surface area contributed by atoms with Crippen molar-refractivity contribution in [3.05, 3.63) is 60.7 Å². The van der Waals surface area contributed by atoms with Crippen molar-refractivity contribution < 1.29 is 27.6 Å². The lowest BCUT2D eigenvalue weighted by Crippen LogP contribution is -2.24. The molecule has 2 aromatic rings. The van der Waals surface area contributed by atoms with Crippen molar-refractivity contribution in [2.24, 2.45) is 0 Å². The molecule has 0 radical (unpaired) electrons. The van der Waals surface area contributed by atoms with Crippen molar-refractivity contribution in [1.82, 2.24) is 0 Å². The van der Waals surface area contributed by atoms with Crippen LogP contribution in [0.4, 0.5) is 0 Å². The van der Waals surface area contributed by atoms with Gasteiger partial charge in [-0.1, -0.05) is 36.4 Å². The summed E-state index contributed by atoms with van der Waals surface area (Å²) >= 11 is 0. The summed E-state index contributed by atoms with van der Waals surface area (Å²) in [6.07, 6.45) is -0.345. The van der Waals surface area contributed by atoms with Crippen molar-refractivity contribution in [3.63, 3.8) is 0 Å². The number of para-hydroxylation sites is 2. The van der Waals surface area contributed by atoms with Gasteiger partial charge in [0.05, 0.1) is 13.2 Å². The summed E-state index contributed by atoms with van der Waals surface area (Å²) in [6, 6.07) is 17.5. The molecular formula is C18H21O6P. The van der Waals surface area contributed by atoms with Crippen LogP contribution < -0.4 is 9.05 Å². The molecule has 6 nitrogen and oxygen atoms in total. The van der Waals surface area contributed by atoms with Gasteiger partial charge in [-0.15, -0.1) is 0 Å². The summed E-state index contributed by atoms with van der Waals surface area (Å²) in [7, 11) is -3.89. The summed E-state index contributed by atoms with van der Waals surface area (Å²) in [5, 5.41) is 0. The lowest BCUT2D eigenvalue weighted by molar-refractivity contribution is -0.141. The van der Waals surface area contributed by atoms with Crippen LogP contribution in [0, 0.1) is 0 Å². The fourth-order valence-corrected chi connectivity index (χ4v) is 3.56. The third kappa shape index (κ3) is 5.31. The molecule has 1 fully saturated rings. The first kappa shape index (κ1) is 18.0. The Hall–Kier alpha value is -1.85. The van der Waals surface area contributed by atoms with Crippen LogP contribution in [0.5, 0.6) is 11.5 Å². The third-order valence-corrected chi connectivity index (χ3v) is 4.74. The molecule has 1 aliphatic heterocycles. The highest BCUT2D eigenvalue weighted by atomic mass is 31.2. The number of hydrogen-bond acceptors (Lipinski definition) is 6. The molecule has 0 aliphatic carbocycles. The fraction of sp³-hybridized carbons (Fsp3) is 0.333. The minimum atomic E-state index is -3.89. The highest BCUT2D eigenvalue weighted by Crippen LogP contribution is 2.49. The Bertz CT molecular complexity index is 673. The SMILES string of the molecule is CC1(C)OC[C@@H](COP(=O)(Oc2ccccc2)Oc2ccccc2)O1. The molecule has 1 aliphatic rings. The maximum atomic E-state index is 13.1. The van der Waals surface area contributed by atoms with Crippen molar-refractivity contribution in [1.29, 1.82) is 0 Å². The molecule has 0 unspecified atom stereocenters. The van der Waals surface area contributed by atoms with Gasteiger partial charge in [0.1, 0.15) is 17.6 Å². The third-order valence-electron chi connectivity index (χ3n) is 3.41. The van der Waals surface area contributed by atoms with E-state index in [0.717, 1.165) is 0 Å². The van der Waals surface area contributed by atoms with E-state index >= 15 is 0 Å². The van der Waals surface area contributed by atoms with E-state index in [4.69, 9.17) is 23.0 Å². The van der Waals surface area contributed by atoms with Gasteiger partial charge < -0.3 is 18.5 Å². The van der Waals surface area contributed by atoms with Gasteiger partial charge in [0.15, 0.2) is 5.79 Å². The molecule has 7 heteroatoms. The summed E-state index contributed by atoms with van der Waals surface area (Å²) in [5.74, 6) is 0.106. The van der Waals surface area contributed by atoms with Crippen molar-refractivity contribution >= 4 is 7.82 Å². The van der Waals surface area contributed by atoms with Gasteiger partial charge in [0.2, 0.25) is 0 Å². The second-order valence-electron chi connectivity index (χ2n) is 6.00. The van der Waals surface area contributed by atoms with Crippen LogP contribution in [0.15, 0.2) is 60.7 Å². The smallest absolute Gasteiger partial charge is 0.395 e. The molecule has 0 aromatic heterocycles. The van der Waals surface area contributed by atoms with Crippen LogP contribution in [0.25, 0.3) is 0 Å². The molecule has 0 N–H and O–H groups in total. The van der Waals surface area contributed by atoms with Crippen LogP contribution in [-0.4, -0.2) is 25.1 Å². The Morgan fingerprint density at radius 1 is 1.00 bits per heavy atom. The van der Waals surface area contributed by atoms with Gasteiger partial charge in [-0.25, -0.2) is 4.57 Å². The minimum absolute atomic E-state index is 0.0281. The Labute approximate surface area is 147 Å². The summed E-state index contributed by atoms with van der Waals surface area (Å²) in [6.45, 7) is 4.01. The molecule has 25 heavy (non-hydrogen) atoms. The predicted molar refractivity (Wildman–Crippen MR) is 92.6 cm³/mol. The zero-order valence-corrected chi connectivity index (χ0v) is 15.1. The van der Waals surface area contributed by atoms with E-state index in [9.17, 15) is 4.57 Å². The molecule has 1 atom stereocenters. The number of benzene rings is 2. The fourth-order valence-electron chi connectivity index (χ4n) is 2.31. The quantitative estimate of drug-likeness (QED) is 0.678. The second kappa shape index (κ2) is 7.58. The maximum Gasteiger partial charge on any atom is 0.587 e. The number of rotatable bonds is 7. The normalized spacial score (nSPS) is 19.5. The zero-order valence-electron chi connectivity index (χ0n) is 14.2. The van der Waals surface area contributed by atoms with Crippen molar-refractivity contribution in [2.75, 3.05) is 13.2 Å². The monoisotopic (exact) mass is 364 g/mol. The lowest BCUT2D eigenvalue weighted by Gasteiger charge is -2.21. The van der Waals surface area contributed by atoms with Crippen molar-refractivity contribution in [3.8, 4) is 11.5 Å². The number of phosphoric ester groups is 1. The van der Waals surface area contributed by atoms with E-state index in [1.54, 1.807) is 48.5 Å². The molecule has 1 saturated heterocycles. The first-order chi connectivity index (χ1) is 11.9. The van der Waals surface area contributed by atoms with Crippen LogP contribution in [0.2, 0.25) is 0 Å². The molecule has 134 valence electrons. The van der Waals surface area contributed by atoms with Gasteiger partial charge in [0, 0.05) is 0 Å². The second-order valence-corrected chi connectivity index (χ2v) is 7.52. The average molecular weight is 364 g/mol. The van der Waals surface area contributed by atoms with E-state index in [1.807, 2.05) is 26.0 Å². The highest BCUT2D eigenvalue weighted by Gasteiger charge is 2.37. The zero-order chi connectivity index (χ0) is 17.8. The Morgan fingerprint density at radius 3 is 1.96 bits per heavy atom. The van der Waals surface area contributed by atoms with E-state index in [2.05, 4.69) is 0 Å². The van der Waals surface area contributed by atoms with Crippen LogP contribution in [0.1, 0.15) is 13.8 Å². The van der Waals surface area contributed by atoms with Gasteiger partial charge in [-0.3, -0.25) is 4.52 Å². The van der Waals surface area contributed by atoms with Gasteiger partial charge >= 0.3 is 7.82 Å². The largest absolute Gasteiger partial charge is 0.587 e. The summed E-state index contributed by atoms with van der Waals surface area (Å²) in [4.78, 5) is 0. The minimum Gasteiger partial charge on any atom is -0.395 e. The molecule has 0 saturated carbocycles. The molecular weight excluding hydrogens is 343 g/mol. The molecule has 3 rings (SSSR count). The first-order valence-corrected chi connectivity index (χ1v) is 9.46. The molecule has 0 spiro atoms. The van der Waals surface area contributed by atoms with Crippen LogP contribution >= 0.6 is 7.82 Å². The number of hydrogen-bond donors (Lipinski definition) is 0. The average Bonchev–Trinajstić information content (AvgIpc) is 2.94. The Morgan fingerprint density at radius 2 is 1.52 bits per heavy atom. The van der Waals surface area contributed by atoms with Gasteiger partial charge in [-0.05, 0) is 38.1 Å². The number of phosphoric acid groups is 1. The highest BCUT2D eigenvalue weighted by molar-refractivity contribution is 7.49. The predicted octanol–water partition coefficient (Wildman–Crippen LogP) is 4.42. The Balaban J connectivity index is 1.71. The van der Waals surface area contributed by atoms with E-state index in [0.29, 0.717) is 18.1 Å². The summed E-state index contributed by atoms with van der Waals surface area (Å²) < 4.78 is 40.8. The van der Waals surface area contributed by atoms with Crippen molar-refractivity contribution in [2.45, 2.75) is 25.7 Å². The first-order valence-electron chi connectivity index (χ1n) is 8.00. The van der Waals surface area contributed by atoms with E-state index in [1.165, 1.54) is 0 Å². The van der Waals surface area contributed by atoms with Crippen LogP contribution in [-0.2, 0) is 18.6 Å². The molecule has 0 amide bonds. The molecule has 0 bridgehead atoms. The Kier molecular flexibility index (Phi) is 5.45. The lowest BCUT2D eigenvalue weighted by atomic mass is 10.3. The number of ether oxygens (including phenoxy) is 2. The van der Waals surface area contributed by atoms with Crippen LogP contribution in [0.3, 0.4) is 0 Å². The topological polar surface area (TPSA) is 63.2 Å². The van der Waals surface area contributed by atoms with Gasteiger partial charge in [-0.2, -0.15) is 0 Å². The van der Waals surface area contributed by atoms with Gasteiger partial charge in [0.25, 0.3) is 0 Å². The maximum absolute atomic E-state index is 13.1. The standard InChI is InChI=1S/C18H21O6P/c1-18(2)20-13-17(22-18)14-21-25(19,23-15-9-5-3-6-10-15)24-16-11-7-4-8-12-16/h3-12,17H,13-14H2,1-2H3/t17-/m0/s1. The van der Waals surface area contributed by atoms with E-state index in [-0.39, 0.29) is 12.7 Å². The summed E-state index contributed by atoms with van der Waals surface area (Å²) in [5.41, 5.74) is 0. The van der Waals surface area contributed by atoms with E-state index < -0.39 is 13.6 Å². The molecule has 1 heterocycles.